The molecular weight excluding hydrogens is 176 g/mol. The van der Waals surface area contributed by atoms with Crippen molar-refractivity contribution in [3.8, 4) is 0 Å². The maximum atomic E-state index is 10.5. The number of aryl methyl sites for hydroxylation is 2. The molecule has 0 fully saturated rings. The number of rotatable bonds is 4. The predicted molar refractivity (Wildman–Crippen MR) is 56.8 cm³/mol. The quantitative estimate of drug-likeness (QED) is 0.744. The van der Waals surface area contributed by atoms with Crippen LogP contribution in [-0.4, -0.2) is 12.5 Å². The molecule has 0 bridgehead atoms. The summed E-state index contributed by atoms with van der Waals surface area (Å²) in [5.74, 6) is -0.323. The molecule has 0 radical (unpaired) electrons. The van der Waals surface area contributed by atoms with E-state index < -0.39 is 0 Å². The van der Waals surface area contributed by atoms with E-state index in [1.807, 2.05) is 6.07 Å². The third kappa shape index (κ3) is 2.85. The van der Waals surface area contributed by atoms with Crippen molar-refractivity contribution in [3.05, 3.63) is 34.9 Å². The molecule has 1 amide bonds. The number of amides is 1. The van der Waals surface area contributed by atoms with Gasteiger partial charge in [0.2, 0.25) is 5.91 Å². The highest BCUT2D eigenvalue weighted by molar-refractivity contribution is 5.75. The molecule has 0 aliphatic carbocycles. The van der Waals surface area contributed by atoms with Gasteiger partial charge in [-0.15, -0.1) is 0 Å². The fourth-order valence-corrected chi connectivity index (χ4v) is 1.44. The molecule has 1 rings (SSSR count). The lowest BCUT2D eigenvalue weighted by Gasteiger charge is -2.09. The van der Waals surface area contributed by atoms with Crippen molar-refractivity contribution < 1.29 is 4.79 Å². The van der Waals surface area contributed by atoms with Gasteiger partial charge in [-0.3, -0.25) is 4.79 Å². The summed E-state index contributed by atoms with van der Waals surface area (Å²) in [4.78, 5) is 10.5. The van der Waals surface area contributed by atoms with Crippen molar-refractivity contribution in [3.63, 3.8) is 0 Å². The minimum Gasteiger partial charge on any atom is -0.369 e. The van der Waals surface area contributed by atoms with E-state index in [9.17, 15) is 4.79 Å². The lowest BCUT2D eigenvalue weighted by atomic mass is 10.0. The van der Waals surface area contributed by atoms with Crippen LogP contribution in [0, 0.1) is 13.8 Å². The maximum Gasteiger partial charge on any atom is 0.231 e. The summed E-state index contributed by atoms with van der Waals surface area (Å²) in [5.41, 5.74) is 8.75. The van der Waals surface area contributed by atoms with E-state index in [2.05, 4.69) is 31.3 Å². The summed E-state index contributed by atoms with van der Waals surface area (Å²) in [7, 11) is 0. The van der Waals surface area contributed by atoms with Gasteiger partial charge in [-0.05, 0) is 30.5 Å². The molecule has 0 spiro atoms. The third-order valence-electron chi connectivity index (χ3n) is 2.25. The highest BCUT2D eigenvalue weighted by Gasteiger charge is 2.01. The van der Waals surface area contributed by atoms with Crippen molar-refractivity contribution >= 4 is 5.91 Å². The number of benzene rings is 1. The van der Waals surface area contributed by atoms with Gasteiger partial charge in [-0.1, -0.05) is 18.2 Å². The van der Waals surface area contributed by atoms with Gasteiger partial charge in [0, 0.05) is 6.54 Å². The summed E-state index contributed by atoms with van der Waals surface area (Å²) in [6.07, 6.45) is 0. The standard InChI is InChI=1S/C11H16N2O/c1-8-4-3-5-9(2)10(8)6-13-7-11(12)14/h3-5,13H,6-7H2,1-2H3,(H2,12,14). The second kappa shape index (κ2) is 4.77. The van der Waals surface area contributed by atoms with Gasteiger partial charge in [0.05, 0.1) is 6.54 Å². The van der Waals surface area contributed by atoms with Crippen LogP contribution in [0.5, 0.6) is 0 Å². The monoisotopic (exact) mass is 192 g/mol. The Morgan fingerprint density at radius 2 is 1.93 bits per heavy atom. The van der Waals surface area contributed by atoms with Gasteiger partial charge in [0.15, 0.2) is 0 Å². The molecule has 0 heterocycles. The van der Waals surface area contributed by atoms with Crippen molar-refractivity contribution in [1.82, 2.24) is 5.32 Å². The highest BCUT2D eigenvalue weighted by Crippen LogP contribution is 2.12. The Balaban J connectivity index is 2.62. The minimum atomic E-state index is -0.323. The second-order valence-corrected chi connectivity index (χ2v) is 3.44. The zero-order valence-corrected chi connectivity index (χ0v) is 8.63. The summed E-state index contributed by atoms with van der Waals surface area (Å²) >= 11 is 0. The van der Waals surface area contributed by atoms with Crippen molar-refractivity contribution in [2.75, 3.05) is 6.54 Å². The number of carbonyl (C=O) groups excluding carboxylic acids is 1. The zero-order valence-electron chi connectivity index (χ0n) is 8.63. The average molecular weight is 192 g/mol. The summed E-state index contributed by atoms with van der Waals surface area (Å²) in [6, 6.07) is 6.16. The Bertz CT molecular complexity index is 314. The normalized spacial score (nSPS) is 10.1. The summed E-state index contributed by atoms with van der Waals surface area (Å²) in [6.45, 7) is 5.05. The van der Waals surface area contributed by atoms with E-state index in [-0.39, 0.29) is 12.5 Å². The third-order valence-corrected chi connectivity index (χ3v) is 2.25. The highest BCUT2D eigenvalue weighted by atomic mass is 16.1. The molecular formula is C11H16N2O. The van der Waals surface area contributed by atoms with Crippen LogP contribution in [0.25, 0.3) is 0 Å². The maximum absolute atomic E-state index is 10.5. The Kier molecular flexibility index (Phi) is 3.65. The van der Waals surface area contributed by atoms with Gasteiger partial charge >= 0.3 is 0 Å². The smallest absolute Gasteiger partial charge is 0.231 e. The van der Waals surface area contributed by atoms with Gasteiger partial charge in [0.25, 0.3) is 0 Å². The summed E-state index contributed by atoms with van der Waals surface area (Å²) in [5, 5.41) is 3.01. The fraction of sp³-hybridized carbons (Fsp3) is 0.364. The second-order valence-electron chi connectivity index (χ2n) is 3.44. The number of hydrogen-bond acceptors (Lipinski definition) is 2. The van der Waals surface area contributed by atoms with Crippen molar-refractivity contribution in [2.45, 2.75) is 20.4 Å². The van der Waals surface area contributed by atoms with Gasteiger partial charge in [-0.2, -0.15) is 0 Å². The number of nitrogens with one attached hydrogen (secondary N) is 1. The van der Waals surface area contributed by atoms with Crippen LogP contribution in [-0.2, 0) is 11.3 Å². The molecule has 0 saturated carbocycles. The first-order valence-electron chi connectivity index (χ1n) is 4.65. The Hall–Kier alpha value is -1.35. The molecule has 0 aromatic heterocycles. The van der Waals surface area contributed by atoms with E-state index in [1.54, 1.807) is 0 Å². The summed E-state index contributed by atoms with van der Waals surface area (Å²) < 4.78 is 0. The topological polar surface area (TPSA) is 55.1 Å². The lowest BCUT2D eigenvalue weighted by molar-refractivity contribution is -0.117. The van der Waals surface area contributed by atoms with Gasteiger partial charge in [-0.25, -0.2) is 0 Å². The van der Waals surface area contributed by atoms with Crippen molar-refractivity contribution in [1.29, 1.82) is 0 Å². The molecule has 0 aliphatic heterocycles. The molecule has 0 unspecified atom stereocenters. The van der Waals surface area contributed by atoms with Crippen LogP contribution in [0.1, 0.15) is 16.7 Å². The Morgan fingerprint density at radius 1 is 1.36 bits per heavy atom. The minimum absolute atomic E-state index is 0.230. The molecule has 3 heteroatoms. The molecule has 14 heavy (non-hydrogen) atoms. The van der Waals surface area contributed by atoms with Crippen LogP contribution in [0.2, 0.25) is 0 Å². The molecule has 76 valence electrons. The SMILES string of the molecule is Cc1cccc(C)c1CNCC(N)=O. The number of nitrogens with two attached hydrogens (primary N) is 1. The first-order chi connectivity index (χ1) is 6.61. The molecule has 0 saturated heterocycles. The number of carbonyl (C=O) groups is 1. The van der Waals surface area contributed by atoms with E-state index in [0.717, 1.165) is 0 Å². The van der Waals surface area contributed by atoms with E-state index >= 15 is 0 Å². The van der Waals surface area contributed by atoms with Crippen LogP contribution >= 0.6 is 0 Å². The van der Waals surface area contributed by atoms with Crippen molar-refractivity contribution in [2.24, 2.45) is 5.73 Å². The number of hydrogen-bond donors (Lipinski definition) is 2. The zero-order chi connectivity index (χ0) is 10.6. The van der Waals surface area contributed by atoms with Gasteiger partial charge < -0.3 is 11.1 Å². The molecule has 1 aromatic rings. The fourth-order valence-electron chi connectivity index (χ4n) is 1.44. The predicted octanol–water partition coefficient (Wildman–Crippen LogP) is 0.878. The van der Waals surface area contributed by atoms with E-state index in [1.165, 1.54) is 16.7 Å². The average Bonchev–Trinajstić information content (AvgIpc) is 2.09. The van der Waals surface area contributed by atoms with Crippen LogP contribution in [0.3, 0.4) is 0 Å². The molecule has 1 aromatic carbocycles. The van der Waals surface area contributed by atoms with E-state index in [4.69, 9.17) is 5.73 Å². The molecule has 0 aliphatic rings. The molecule has 0 atom stereocenters. The molecule has 3 nitrogen and oxygen atoms in total. The van der Waals surface area contributed by atoms with Gasteiger partial charge in [0.1, 0.15) is 0 Å². The Morgan fingerprint density at radius 3 is 2.43 bits per heavy atom. The van der Waals surface area contributed by atoms with Crippen LogP contribution in [0.15, 0.2) is 18.2 Å². The molecule has 3 N–H and O–H groups in total. The first-order valence-corrected chi connectivity index (χ1v) is 4.65. The van der Waals surface area contributed by atoms with Crippen LogP contribution in [0.4, 0.5) is 0 Å². The van der Waals surface area contributed by atoms with Crippen LogP contribution < -0.4 is 11.1 Å². The Labute approximate surface area is 84.3 Å². The van der Waals surface area contributed by atoms with E-state index in [0.29, 0.717) is 6.54 Å². The largest absolute Gasteiger partial charge is 0.369 e. The lowest BCUT2D eigenvalue weighted by Crippen LogP contribution is -2.28. The number of primary amides is 1. The first kappa shape index (κ1) is 10.7.